The summed E-state index contributed by atoms with van der Waals surface area (Å²) in [4.78, 5) is 26.8. The molecule has 0 bridgehead atoms. The van der Waals surface area contributed by atoms with E-state index < -0.39 is 0 Å². The summed E-state index contributed by atoms with van der Waals surface area (Å²) in [6, 6.07) is 10.6. The Labute approximate surface area is 175 Å². The van der Waals surface area contributed by atoms with Crippen LogP contribution in [0.2, 0.25) is 5.02 Å². The van der Waals surface area contributed by atoms with Gasteiger partial charge in [-0.1, -0.05) is 23.7 Å². The van der Waals surface area contributed by atoms with Crippen LogP contribution >= 0.6 is 23.6 Å². The maximum absolute atomic E-state index is 13.4. The highest BCUT2D eigenvalue weighted by Crippen LogP contribution is 2.28. The predicted octanol–water partition coefficient (Wildman–Crippen LogP) is 3.93. The second-order valence-corrected chi connectivity index (χ2v) is 7.27. The maximum atomic E-state index is 13.4. The number of carbonyl (C=O) groups is 1. The number of rotatable bonds is 6. The average Bonchev–Trinajstić information content (AvgIpc) is 3.24. The molecule has 4 rings (SSSR count). The SMILES string of the molecule is COOSc1ncc2cc(C(=O)c3ccccc3Cl)n(-c3cc(C)nn3C)c2n1. The lowest BCUT2D eigenvalue weighted by atomic mass is 10.1. The molecule has 0 spiro atoms. The molecule has 3 heterocycles. The van der Waals surface area contributed by atoms with Crippen LogP contribution in [0.25, 0.3) is 16.9 Å². The zero-order valence-corrected chi connectivity index (χ0v) is 17.4. The number of ketones is 1. The fraction of sp³-hybridized carbons (Fsp3) is 0.158. The molecule has 0 N–H and O–H groups in total. The van der Waals surface area contributed by atoms with Crippen LogP contribution in [0, 0.1) is 6.92 Å². The Hall–Kier alpha value is -2.72. The first kappa shape index (κ1) is 19.6. The number of aryl methyl sites for hydroxylation is 2. The molecule has 1 aromatic carbocycles. The zero-order valence-electron chi connectivity index (χ0n) is 15.8. The Bertz CT molecular complexity index is 1220. The maximum Gasteiger partial charge on any atom is 0.220 e. The van der Waals surface area contributed by atoms with Gasteiger partial charge in [0, 0.05) is 30.3 Å². The molecular formula is C19H16ClN5O3S. The second-order valence-electron chi connectivity index (χ2n) is 6.19. The van der Waals surface area contributed by atoms with Gasteiger partial charge in [0.05, 0.1) is 23.5 Å². The van der Waals surface area contributed by atoms with Crippen molar-refractivity contribution in [3.8, 4) is 5.82 Å². The standard InChI is InChI=1S/C19H16ClN5O3S/c1-11-8-16(24(2)23-11)25-15(17(26)13-6-4-5-7-14(13)20)9-12-10-21-19(22-18(12)25)29-28-27-3/h4-10H,1-3H3. The first-order valence-corrected chi connectivity index (χ1v) is 9.67. The summed E-state index contributed by atoms with van der Waals surface area (Å²) in [6.07, 6.45) is 1.63. The topological polar surface area (TPSA) is 84.1 Å². The molecule has 0 aliphatic heterocycles. The lowest BCUT2D eigenvalue weighted by molar-refractivity contribution is -0.160. The molecule has 0 fully saturated rings. The lowest BCUT2D eigenvalue weighted by Gasteiger charge is -2.10. The number of halogens is 1. The van der Waals surface area contributed by atoms with E-state index in [-0.39, 0.29) is 5.78 Å². The molecule has 0 aliphatic rings. The van der Waals surface area contributed by atoms with E-state index in [1.165, 1.54) is 7.11 Å². The van der Waals surface area contributed by atoms with Gasteiger partial charge in [-0.25, -0.2) is 14.9 Å². The van der Waals surface area contributed by atoms with Crippen molar-refractivity contribution in [3.63, 3.8) is 0 Å². The number of aromatic nitrogens is 5. The molecule has 4 aromatic rings. The third kappa shape index (κ3) is 3.65. The van der Waals surface area contributed by atoms with Crippen molar-refractivity contribution < 1.29 is 14.0 Å². The van der Waals surface area contributed by atoms with E-state index >= 15 is 0 Å². The molecule has 8 nitrogen and oxygen atoms in total. The molecule has 3 aromatic heterocycles. The Balaban J connectivity index is 1.96. The van der Waals surface area contributed by atoms with Crippen molar-refractivity contribution in [1.82, 2.24) is 24.3 Å². The van der Waals surface area contributed by atoms with Gasteiger partial charge in [0.25, 0.3) is 0 Å². The van der Waals surface area contributed by atoms with Crippen LogP contribution in [-0.2, 0) is 16.3 Å². The minimum absolute atomic E-state index is 0.227. The highest BCUT2D eigenvalue weighted by atomic mass is 35.5. The van der Waals surface area contributed by atoms with E-state index in [9.17, 15) is 4.79 Å². The van der Waals surface area contributed by atoms with Crippen molar-refractivity contribution >= 4 is 40.5 Å². The number of fused-ring (bicyclic) bond motifs is 1. The fourth-order valence-electron chi connectivity index (χ4n) is 3.07. The van der Waals surface area contributed by atoms with Crippen LogP contribution in [0.1, 0.15) is 21.7 Å². The number of carbonyl (C=O) groups excluding carboxylic acids is 1. The van der Waals surface area contributed by atoms with Crippen molar-refractivity contribution in [2.24, 2.45) is 7.05 Å². The van der Waals surface area contributed by atoms with Gasteiger partial charge in [-0.15, -0.1) is 0 Å². The van der Waals surface area contributed by atoms with Crippen LogP contribution in [0.3, 0.4) is 0 Å². The lowest BCUT2D eigenvalue weighted by Crippen LogP contribution is -2.12. The van der Waals surface area contributed by atoms with Gasteiger partial charge < -0.3 is 0 Å². The van der Waals surface area contributed by atoms with Crippen molar-refractivity contribution in [1.29, 1.82) is 0 Å². The summed E-state index contributed by atoms with van der Waals surface area (Å²) in [5.74, 6) is 0.463. The summed E-state index contributed by atoms with van der Waals surface area (Å²) in [6.45, 7) is 1.88. The molecule has 0 amide bonds. The number of hydrogen-bond donors (Lipinski definition) is 0. The van der Waals surface area contributed by atoms with Crippen LogP contribution in [-0.4, -0.2) is 37.2 Å². The Morgan fingerprint density at radius 1 is 1.24 bits per heavy atom. The van der Waals surface area contributed by atoms with Crippen LogP contribution in [0.5, 0.6) is 0 Å². The van der Waals surface area contributed by atoms with Gasteiger partial charge in [0.2, 0.25) is 10.9 Å². The first-order chi connectivity index (χ1) is 14.0. The zero-order chi connectivity index (χ0) is 20.5. The van der Waals surface area contributed by atoms with E-state index in [4.69, 9.17) is 15.9 Å². The summed E-state index contributed by atoms with van der Waals surface area (Å²) in [5, 5.41) is 5.82. The van der Waals surface area contributed by atoms with E-state index in [0.29, 0.717) is 38.3 Å². The molecule has 29 heavy (non-hydrogen) atoms. The van der Waals surface area contributed by atoms with E-state index in [1.54, 1.807) is 45.8 Å². The number of hydrogen-bond acceptors (Lipinski definition) is 7. The van der Waals surface area contributed by atoms with Gasteiger partial charge in [0.15, 0.2) is 5.65 Å². The van der Waals surface area contributed by atoms with Gasteiger partial charge in [-0.2, -0.15) is 9.43 Å². The normalized spacial score (nSPS) is 11.3. The minimum atomic E-state index is -0.227. The highest BCUT2D eigenvalue weighted by molar-refractivity contribution is 7.94. The number of nitrogens with zero attached hydrogens (tertiary/aromatic N) is 5. The summed E-state index contributed by atoms with van der Waals surface area (Å²) < 4.78 is 8.30. The van der Waals surface area contributed by atoms with E-state index in [2.05, 4.69) is 20.0 Å². The Morgan fingerprint density at radius 3 is 2.72 bits per heavy atom. The van der Waals surface area contributed by atoms with Crippen molar-refractivity contribution in [3.05, 3.63) is 64.6 Å². The summed E-state index contributed by atoms with van der Waals surface area (Å²) in [7, 11) is 3.20. The molecule has 0 atom stereocenters. The Kier molecular flexibility index (Phi) is 5.37. The van der Waals surface area contributed by atoms with Crippen molar-refractivity contribution in [2.45, 2.75) is 12.1 Å². The molecule has 148 valence electrons. The fourth-order valence-corrected chi connectivity index (χ4v) is 3.64. The Morgan fingerprint density at radius 2 is 2.03 bits per heavy atom. The smallest absolute Gasteiger partial charge is 0.220 e. The van der Waals surface area contributed by atoms with Gasteiger partial charge in [-0.3, -0.25) is 14.0 Å². The highest BCUT2D eigenvalue weighted by Gasteiger charge is 2.23. The van der Waals surface area contributed by atoms with Gasteiger partial charge >= 0.3 is 0 Å². The van der Waals surface area contributed by atoms with Gasteiger partial charge in [-0.05, 0) is 25.1 Å². The molecule has 0 aliphatic carbocycles. The quantitative estimate of drug-likeness (QED) is 0.151. The predicted molar refractivity (Wildman–Crippen MR) is 109 cm³/mol. The minimum Gasteiger partial charge on any atom is -0.287 e. The van der Waals surface area contributed by atoms with Crippen LogP contribution in [0.4, 0.5) is 0 Å². The van der Waals surface area contributed by atoms with E-state index in [1.807, 2.05) is 20.0 Å². The molecular weight excluding hydrogens is 414 g/mol. The molecule has 10 heteroatoms. The monoisotopic (exact) mass is 429 g/mol. The summed E-state index contributed by atoms with van der Waals surface area (Å²) >= 11 is 7.15. The second kappa shape index (κ2) is 7.96. The largest absolute Gasteiger partial charge is 0.287 e. The first-order valence-electron chi connectivity index (χ1n) is 8.55. The molecule has 0 unspecified atom stereocenters. The van der Waals surface area contributed by atoms with Crippen molar-refractivity contribution in [2.75, 3.05) is 7.11 Å². The molecule has 0 saturated heterocycles. The van der Waals surface area contributed by atoms with Crippen LogP contribution < -0.4 is 0 Å². The number of benzene rings is 1. The average molecular weight is 430 g/mol. The third-order valence-electron chi connectivity index (χ3n) is 4.25. The molecule has 0 radical (unpaired) electrons. The third-order valence-corrected chi connectivity index (χ3v) is 5.13. The van der Waals surface area contributed by atoms with E-state index in [0.717, 1.165) is 17.7 Å². The summed E-state index contributed by atoms with van der Waals surface area (Å²) in [5.41, 5.74) is 2.16. The van der Waals surface area contributed by atoms with Crippen LogP contribution in [0.15, 0.2) is 47.8 Å². The molecule has 0 saturated carbocycles. The van der Waals surface area contributed by atoms with Gasteiger partial charge in [0.1, 0.15) is 17.9 Å².